The highest BCUT2D eigenvalue weighted by Gasteiger charge is 2.16. The van der Waals surface area contributed by atoms with Gasteiger partial charge in [-0.25, -0.2) is 4.98 Å². The van der Waals surface area contributed by atoms with Gasteiger partial charge in [0, 0.05) is 24.6 Å². The molecule has 29 heavy (non-hydrogen) atoms. The van der Waals surface area contributed by atoms with Gasteiger partial charge in [0.1, 0.15) is 0 Å². The van der Waals surface area contributed by atoms with E-state index in [0.29, 0.717) is 12.3 Å². The molecule has 0 aliphatic carbocycles. The van der Waals surface area contributed by atoms with Crippen LogP contribution >= 0.6 is 11.8 Å². The van der Waals surface area contributed by atoms with Gasteiger partial charge in [-0.15, -0.1) is 0 Å². The van der Waals surface area contributed by atoms with Crippen LogP contribution in [0.25, 0.3) is 5.69 Å². The van der Waals surface area contributed by atoms with Gasteiger partial charge in [-0.3, -0.25) is 9.36 Å². The van der Waals surface area contributed by atoms with Gasteiger partial charge in [0.05, 0.1) is 11.8 Å². The zero-order valence-corrected chi connectivity index (χ0v) is 18.2. The number of likely N-dealkylation sites (N-methyl/N-ethyl adjacent to an activating group) is 1. The number of aryl methyl sites for hydroxylation is 2. The third-order valence-corrected chi connectivity index (χ3v) is 5.69. The Morgan fingerprint density at radius 2 is 1.83 bits per heavy atom. The molecule has 152 valence electrons. The van der Waals surface area contributed by atoms with Crippen LogP contribution in [-0.4, -0.2) is 46.8 Å². The maximum Gasteiger partial charge on any atom is 0.230 e. The molecule has 0 unspecified atom stereocenters. The number of amides is 1. The van der Waals surface area contributed by atoms with Crippen molar-refractivity contribution in [3.63, 3.8) is 0 Å². The average molecular weight is 409 g/mol. The van der Waals surface area contributed by atoms with Gasteiger partial charge in [0.15, 0.2) is 5.16 Å². The molecule has 0 bridgehead atoms. The number of nitrogens with one attached hydrogen (secondary N) is 1. The molecule has 1 amide bonds. The van der Waals surface area contributed by atoms with Gasteiger partial charge in [-0.2, -0.15) is 0 Å². The van der Waals surface area contributed by atoms with Crippen molar-refractivity contribution in [1.29, 1.82) is 0 Å². The van der Waals surface area contributed by atoms with E-state index in [9.17, 15) is 4.79 Å². The summed E-state index contributed by atoms with van der Waals surface area (Å²) in [7, 11) is 4.05. The highest BCUT2D eigenvalue weighted by atomic mass is 32.2. The van der Waals surface area contributed by atoms with Gasteiger partial charge >= 0.3 is 0 Å². The summed E-state index contributed by atoms with van der Waals surface area (Å²) in [5.41, 5.74) is 4.67. The van der Waals surface area contributed by atoms with E-state index in [4.69, 9.17) is 0 Å². The summed E-state index contributed by atoms with van der Waals surface area (Å²) in [6.07, 6.45) is 3.71. The van der Waals surface area contributed by atoms with Crippen molar-refractivity contribution >= 4 is 17.7 Å². The van der Waals surface area contributed by atoms with Crippen LogP contribution in [0.2, 0.25) is 0 Å². The van der Waals surface area contributed by atoms with Crippen LogP contribution in [0.15, 0.2) is 66.1 Å². The minimum atomic E-state index is 0.00718. The Kier molecular flexibility index (Phi) is 7.12. The fourth-order valence-electron chi connectivity index (χ4n) is 3.35. The van der Waals surface area contributed by atoms with Gasteiger partial charge in [-0.1, -0.05) is 48.2 Å². The second-order valence-corrected chi connectivity index (χ2v) is 8.35. The monoisotopic (exact) mass is 408 g/mol. The molecule has 0 fully saturated rings. The topological polar surface area (TPSA) is 50.2 Å². The van der Waals surface area contributed by atoms with E-state index in [-0.39, 0.29) is 11.9 Å². The summed E-state index contributed by atoms with van der Waals surface area (Å²) in [5.74, 6) is 0.337. The van der Waals surface area contributed by atoms with Crippen molar-refractivity contribution in [2.24, 2.45) is 0 Å². The zero-order chi connectivity index (χ0) is 20.8. The highest BCUT2D eigenvalue weighted by Crippen LogP contribution is 2.22. The number of carbonyl (C=O) groups excluding carboxylic acids is 1. The largest absolute Gasteiger partial charge is 0.353 e. The number of imidazole rings is 1. The van der Waals surface area contributed by atoms with Crippen LogP contribution in [-0.2, 0) is 4.79 Å². The van der Waals surface area contributed by atoms with Crippen LogP contribution < -0.4 is 5.32 Å². The van der Waals surface area contributed by atoms with Crippen LogP contribution in [0, 0.1) is 13.8 Å². The van der Waals surface area contributed by atoms with Gasteiger partial charge in [0.25, 0.3) is 0 Å². The fraction of sp³-hybridized carbons (Fsp3) is 0.304. The van der Waals surface area contributed by atoms with Crippen LogP contribution in [0.1, 0.15) is 22.7 Å². The van der Waals surface area contributed by atoms with Crippen LogP contribution in [0.5, 0.6) is 0 Å². The van der Waals surface area contributed by atoms with Gasteiger partial charge in [-0.05, 0) is 56.8 Å². The van der Waals surface area contributed by atoms with E-state index in [1.54, 1.807) is 6.20 Å². The summed E-state index contributed by atoms with van der Waals surface area (Å²) in [5, 5.41) is 3.88. The molecule has 0 radical (unpaired) electrons. The summed E-state index contributed by atoms with van der Waals surface area (Å²) in [6, 6.07) is 16.8. The normalized spacial score (nSPS) is 12.2. The minimum Gasteiger partial charge on any atom is -0.353 e. The van der Waals surface area contributed by atoms with E-state index in [0.717, 1.165) is 10.8 Å². The number of nitrogens with zero attached hydrogens (tertiary/aromatic N) is 3. The lowest BCUT2D eigenvalue weighted by Crippen LogP contribution is -2.35. The quantitative estimate of drug-likeness (QED) is 0.573. The Balaban J connectivity index is 1.60. The first-order valence-electron chi connectivity index (χ1n) is 9.67. The first-order chi connectivity index (χ1) is 13.9. The molecule has 3 rings (SSSR count). The fourth-order valence-corrected chi connectivity index (χ4v) is 4.15. The smallest absolute Gasteiger partial charge is 0.230 e. The van der Waals surface area contributed by atoms with Crippen LogP contribution in [0.3, 0.4) is 0 Å². The Morgan fingerprint density at radius 3 is 2.48 bits per heavy atom. The number of aromatic nitrogens is 2. The highest BCUT2D eigenvalue weighted by molar-refractivity contribution is 7.99. The molecule has 1 aromatic heterocycles. The lowest BCUT2D eigenvalue weighted by atomic mass is 10.1. The van der Waals surface area contributed by atoms with Crippen molar-refractivity contribution in [3.8, 4) is 5.69 Å². The lowest BCUT2D eigenvalue weighted by Gasteiger charge is -2.25. The summed E-state index contributed by atoms with van der Waals surface area (Å²) in [6.45, 7) is 4.74. The molecule has 2 aromatic carbocycles. The summed E-state index contributed by atoms with van der Waals surface area (Å²) >= 11 is 1.45. The number of hydrogen-bond donors (Lipinski definition) is 1. The number of rotatable bonds is 8. The predicted octanol–water partition coefficient (Wildman–Crippen LogP) is 4.00. The molecular formula is C23H28N4OS. The molecule has 3 aromatic rings. The first-order valence-corrected chi connectivity index (χ1v) is 10.7. The summed E-state index contributed by atoms with van der Waals surface area (Å²) < 4.78 is 2.03. The van der Waals surface area contributed by atoms with Crippen molar-refractivity contribution in [2.75, 3.05) is 26.4 Å². The second kappa shape index (κ2) is 9.76. The molecule has 0 aliphatic heterocycles. The minimum absolute atomic E-state index is 0.00718. The Morgan fingerprint density at radius 1 is 1.14 bits per heavy atom. The zero-order valence-electron chi connectivity index (χ0n) is 17.4. The summed E-state index contributed by atoms with van der Waals surface area (Å²) in [4.78, 5) is 19.0. The standard InChI is InChI=1S/C23H28N4OS/c1-17-12-18(2)14-20(13-17)27-11-10-24-23(27)29-16-22(28)25-15-21(26(3)4)19-8-6-5-7-9-19/h5-14,21H,15-16H2,1-4H3,(H,25,28)/t21-/m0/s1. The molecule has 1 N–H and O–H groups in total. The number of thioether (sulfide) groups is 1. The van der Waals surface area contributed by atoms with E-state index < -0.39 is 0 Å². The predicted molar refractivity (Wildman–Crippen MR) is 120 cm³/mol. The molecule has 0 saturated heterocycles. The molecule has 5 nitrogen and oxygen atoms in total. The lowest BCUT2D eigenvalue weighted by molar-refractivity contribution is -0.118. The van der Waals surface area contributed by atoms with E-state index in [2.05, 4.69) is 59.4 Å². The van der Waals surface area contributed by atoms with Crippen molar-refractivity contribution < 1.29 is 4.79 Å². The molecule has 1 atom stereocenters. The average Bonchev–Trinajstić information content (AvgIpc) is 3.15. The first kappa shape index (κ1) is 21.1. The number of hydrogen-bond acceptors (Lipinski definition) is 4. The van der Waals surface area contributed by atoms with E-state index >= 15 is 0 Å². The third-order valence-electron chi connectivity index (χ3n) is 4.72. The number of benzene rings is 2. The SMILES string of the molecule is Cc1cc(C)cc(-n2ccnc2SCC(=O)NC[C@@H](c2ccccc2)N(C)C)c1. The number of carbonyl (C=O) groups is 1. The molecule has 1 heterocycles. The molecular weight excluding hydrogens is 380 g/mol. The van der Waals surface area contributed by atoms with Crippen LogP contribution in [0.4, 0.5) is 0 Å². The van der Waals surface area contributed by atoms with E-state index in [1.165, 1.54) is 28.5 Å². The third kappa shape index (κ3) is 5.71. The molecule has 0 saturated carbocycles. The maximum atomic E-state index is 12.5. The second-order valence-electron chi connectivity index (χ2n) is 7.41. The van der Waals surface area contributed by atoms with Crippen molar-refractivity contribution in [1.82, 2.24) is 19.8 Å². The Bertz CT molecular complexity index is 932. The molecule has 0 aliphatic rings. The molecule has 0 spiro atoms. The Labute approximate surface area is 177 Å². The van der Waals surface area contributed by atoms with Crippen molar-refractivity contribution in [2.45, 2.75) is 25.0 Å². The van der Waals surface area contributed by atoms with E-state index in [1.807, 2.05) is 43.1 Å². The molecule has 6 heteroatoms. The maximum absolute atomic E-state index is 12.5. The van der Waals surface area contributed by atoms with Gasteiger partial charge in [0.2, 0.25) is 5.91 Å². The Hall–Kier alpha value is -2.57. The van der Waals surface area contributed by atoms with Crippen molar-refractivity contribution in [3.05, 3.63) is 77.6 Å². The van der Waals surface area contributed by atoms with Gasteiger partial charge < -0.3 is 10.2 Å².